The summed E-state index contributed by atoms with van der Waals surface area (Å²) < 4.78 is 4.48. The SMILES string of the molecule is COC(=O)CCNC(=O)C1CCN(C(C)=O)CC1. The number of rotatable bonds is 4. The number of ether oxygens (including phenoxy) is 1. The lowest BCUT2D eigenvalue weighted by atomic mass is 9.96. The number of hydrogen-bond acceptors (Lipinski definition) is 4. The van der Waals surface area contributed by atoms with Gasteiger partial charge in [0.25, 0.3) is 0 Å². The van der Waals surface area contributed by atoms with E-state index in [1.165, 1.54) is 14.0 Å². The Labute approximate surface area is 107 Å². The van der Waals surface area contributed by atoms with Crippen LogP contribution in [0.15, 0.2) is 0 Å². The van der Waals surface area contributed by atoms with Crippen molar-refractivity contribution in [2.45, 2.75) is 26.2 Å². The Bertz CT molecular complexity index is 322. The molecule has 1 heterocycles. The molecule has 0 aromatic rings. The Hall–Kier alpha value is -1.59. The molecule has 1 rings (SSSR count). The Balaban J connectivity index is 2.24. The Morgan fingerprint density at radius 3 is 2.39 bits per heavy atom. The van der Waals surface area contributed by atoms with Crippen molar-refractivity contribution in [3.05, 3.63) is 0 Å². The van der Waals surface area contributed by atoms with Crippen LogP contribution < -0.4 is 5.32 Å². The third-order valence-electron chi connectivity index (χ3n) is 3.17. The van der Waals surface area contributed by atoms with Crippen molar-refractivity contribution in [1.29, 1.82) is 0 Å². The molecular formula is C12H20N2O4. The zero-order valence-corrected chi connectivity index (χ0v) is 10.9. The van der Waals surface area contributed by atoms with Gasteiger partial charge in [0, 0.05) is 32.5 Å². The van der Waals surface area contributed by atoms with E-state index in [0.29, 0.717) is 32.5 Å². The van der Waals surface area contributed by atoms with Gasteiger partial charge in [-0.2, -0.15) is 0 Å². The summed E-state index contributed by atoms with van der Waals surface area (Å²) in [6.07, 6.45) is 1.56. The van der Waals surface area contributed by atoms with Crippen molar-refractivity contribution in [2.75, 3.05) is 26.7 Å². The third kappa shape index (κ3) is 4.35. The normalized spacial score (nSPS) is 16.2. The minimum Gasteiger partial charge on any atom is -0.469 e. The highest BCUT2D eigenvalue weighted by Crippen LogP contribution is 2.17. The molecule has 18 heavy (non-hydrogen) atoms. The lowest BCUT2D eigenvalue weighted by Crippen LogP contribution is -2.42. The van der Waals surface area contributed by atoms with Crippen molar-refractivity contribution in [2.24, 2.45) is 5.92 Å². The number of carbonyl (C=O) groups is 3. The van der Waals surface area contributed by atoms with Crippen LogP contribution in [-0.2, 0) is 19.1 Å². The van der Waals surface area contributed by atoms with E-state index in [9.17, 15) is 14.4 Å². The topological polar surface area (TPSA) is 75.7 Å². The molecule has 1 saturated heterocycles. The molecule has 0 aliphatic carbocycles. The number of amides is 2. The van der Waals surface area contributed by atoms with Crippen LogP contribution in [-0.4, -0.2) is 49.4 Å². The molecular weight excluding hydrogens is 236 g/mol. The average molecular weight is 256 g/mol. The second-order valence-electron chi connectivity index (χ2n) is 4.40. The fourth-order valence-electron chi connectivity index (χ4n) is 1.99. The Kier molecular flexibility index (Phi) is 5.61. The van der Waals surface area contributed by atoms with Gasteiger partial charge in [-0.15, -0.1) is 0 Å². The van der Waals surface area contributed by atoms with Gasteiger partial charge in [0.15, 0.2) is 0 Å². The molecule has 0 spiro atoms. The van der Waals surface area contributed by atoms with Crippen LogP contribution in [0.1, 0.15) is 26.2 Å². The number of nitrogens with one attached hydrogen (secondary N) is 1. The van der Waals surface area contributed by atoms with Crippen LogP contribution in [0.3, 0.4) is 0 Å². The number of esters is 1. The third-order valence-corrected chi connectivity index (χ3v) is 3.17. The molecule has 102 valence electrons. The van der Waals surface area contributed by atoms with Crippen LogP contribution >= 0.6 is 0 Å². The number of methoxy groups -OCH3 is 1. The zero-order valence-electron chi connectivity index (χ0n) is 10.9. The molecule has 0 saturated carbocycles. The molecule has 0 aromatic carbocycles. The van der Waals surface area contributed by atoms with Gasteiger partial charge in [-0.3, -0.25) is 14.4 Å². The second kappa shape index (κ2) is 6.98. The molecule has 0 unspecified atom stereocenters. The van der Waals surface area contributed by atoms with Crippen LogP contribution in [0.5, 0.6) is 0 Å². The number of carbonyl (C=O) groups excluding carboxylic acids is 3. The molecule has 6 heteroatoms. The summed E-state index contributed by atoms with van der Waals surface area (Å²) in [7, 11) is 1.32. The van der Waals surface area contributed by atoms with Crippen molar-refractivity contribution in [3.63, 3.8) is 0 Å². The van der Waals surface area contributed by atoms with E-state index in [1.807, 2.05) is 0 Å². The summed E-state index contributed by atoms with van der Waals surface area (Å²) in [5.74, 6) is -0.374. The van der Waals surface area contributed by atoms with E-state index in [4.69, 9.17) is 0 Å². The largest absolute Gasteiger partial charge is 0.469 e. The number of hydrogen-bond donors (Lipinski definition) is 1. The molecule has 1 aliphatic rings. The first-order valence-electron chi connectivity index (χ1n) is 6.14. The van der Waals surface area contributed by atoms with Gasteiger partial charge in [-0.05, 0) is 12.8 Å². The lowest BCUT2D eigenvalue weighted by Gasteiger charge is -2.30. The average Bonchev–Trinajstić information content (AvgIpc) is 2.38. The first-order valence-corrected chi connectivity index (χ1v) is 6.14. The van der Waals surface area contributed by atoms with Crippen LogP contribution in [0.4, 0.5) is 0 Å². The summed E-state index contributed by atoms with van der Waals surface area (Å²) >= 11 is 0. The first kappa shape index (κ1) is 14.5. The van der Waals surface area contributed by atoms with Crippen molar-refractivity contribution in [3.8, 4) is 0 Å². The summed E-state index contributed by atoms with van der Waals surface area (Å²) in [5, 5.41) is 2.72. The Morgan fingerprint density at radius 1 is 1.28 bits per heavy atom. The predicted octanol–water partition coefficient (Wildman–Crippen LogP) is -0.0758. The fourth-order valence-corrected chi connectivity index (χ4v) is 1.99. The van der Waals surface area contributed by atoms with E-state index in [0.717, 1.165) is 0 Å². The van der Waals surface area contributed by atoms with Gasteiger partial charge in [0.1, 0.15) is 0 Å². The molecule has 0 radical (unpaired) electrons. The van der Waals surface area contributed by atoms with Crippen molar-refractivity contribution in [1.82, 2.24) is 10.2 Å². The van der Waals surface area contributed by atoms with Gasteiger partial charge in [-0.1, -0.05) is 0 Å². The molecule has 1 fully saturated rings. The van der Waals surface area contributed by atoms with Gasteiger partial charge in [-0.25, -0.2) is 0 Å². The quantitative estimate of drug-likeness (QED) is 0.714. The number of nitrogens with zero attached hydrogens (tertiary/aromatic N) is 1. The maximum absolute atomic E-state index is 11.8. The molecule has 2 amide bonds. The van der Waals surface area contributed by atoms with Gasteiger partial charge >= 0.3 is 5.97 Å². The predicted molar refractivity (Wildman–Crippen MR) is 64.6 cm³/mol. The van der Waals surface area contributed by atoms with Gasteiger partial charge in [0.2, 0.25) is 11.8 Å². The smallest absolute Gasteiger partial charge is 0.307 e. The molecule has 6 nitrogen and oxygen atoms in total. The fraction of sp³-hybridized carbons (Fsp3) is 0.750. The highest BCUT2D eigenvalue weighted by atomic mass is 16.5. The van der Waals surface area contributed by atoms with Crippen molar-refractivity contribution >= 4 is 17.8 Å². The maximum Gasteiger partial charge on any atom is 0.307 e. The van der Waals surface area contributed by atoms with Crippen molar-refractivity contribution < 1.29 is 19.1 Å². The zero-order chi connectivity index (χ0) is 13.5. The Morgan fingerprint density at radius 2 is 1.89 bits per heavy atom. The minimum absolute atomic E-state index is 0.0397. The summed E-state index contributed by atoms with van der Waals surface area (Å²) in [4.78, 5) is 35.5. The second-order valence-corrected chi connectivity index (χ2v) is 4.40. The molecule has 0 bridgehead atoms. The maximum atomic E-state index is 11.8. The molecule has 0 atom stereocenters. The van der Waals surface area contributed by atoms with E-state index in [2.05, 4.69) is 10.1 Å². The van der Waals surface area contributed by atoms with Gasteiger partial charge < -0.3 is 15.0 Å². The number of piperidine rings is 1. The summed E-state index contributed by atoms with van der Waals surface area (Å²) in [6, 6.07) is 0. The molecule has 1 aliphatic heterocycles. The highest BCUT2D eigenvalue weighted by molar-refractivity contribution is 5.80. The first-order chi connectivity index (χ1) is 8.54. The van der Waals surface area contributed by atoms with E-state index in [-0.39, 0.29) is 30.1 Å². The monoisotopic (exact) mass is 256 g/mol. The highest BCUT2D eigenvalue weighted by Gasteiger charge is 2.25. The van der Waals surface area contributed by atoms with E-state index in [1.54, 1.807) is 4.90 Å². The standard InChI is InChI=1S/C12H20N2O4/c1-9(15)14-7-4-10(5-8-14)12(17)13-6-3-11(16)18-2/h10H,3-8H2,1-2H3,(H,13,17). The lowest BCUT2D eigenvalue weighted by molar-refractivity contribution is -0.140. The summed E-state index contributed by atoms with van der Waals surface area (Å²) in [5.41, 5.74) is 0. The van der Waals surface area contributed by atoms with E-state index >= 15 is 0 Å². The van der Waals surface area contributed by atoms with Crippen LogP contribution in [0.25, 0.3) is 0 Å². The number of likely N-dealkylation sites (tertiary alicyclic amines) is 1. The molecule has 0 aromatic heterocycles. The molecule has 1 N–H and O–H groups in total. The van der Waals surface area contributed by atoms with Gasteiger partial charge in [0.05, 0.1) is 13.5 Å². The van der Waals surface area contributed by atoms with Crippen LogP contribution in [0.2, 0.25) is 0 Å². The summed E-state index contributed by atoms with van der Waals surface area (Å²) in [6.45, 7) is 3.10. The minimum atomic E-state index is -0.332. The van der Waals surface area contributed by atoms with Crippen LogP contribution in [0, 0.1) is 5.92 Å². The van der Waals surface area contributed by atoms with E-state index < -0.39 is 0 Å².